The van der Waals surface area contributed by atoms with Gasteiger partial charge in [0.25, 0.3) is 0 Å². The maximum Gasteiger partial charge on any atom is 0.248 e. The lowest BCUT2D eigenvalue weighted by Crippen LogP contribution is -2.34. The van der Waals surface area contributed by atoms with Crippen LogP contribution in [0.2, 0.25) is 0 Å². The largest absolute Gasteiger partial charge is 0.371 e. The number of nitrogens with one attached hydrogen (secondary N) is 2. The van der Waals surface area contributed by atoms with Gasteiger partial charge < -0.3 is 5.32 Å². The SMILES string of the molecule is CC[C@@H](Nc1ccccc1F)C(=O)Nc1nnc(C)s1. The van der Waals surface area contributed by atoms with Gasteiger partial charge in [-0.3, -0.25) is 10.1 Å². The Morgan fingerprint density at radius 1 is 1.40 bits per heavy atom. The number of nitrogens with zero attached hydrogens (tertiary/aromatic N) is 2. The Labute approximate surface area is 120 Å². The summed E-state index contributed by atoms with van der Waals surface area (Å²) in [7, 11) is 0. The van der Waals surface area contributed by atoms with Gasteiger partial charge in [0.05, 0.1) is 5.69 Å². The van der Waals surface area contributed by atoms with Crippen LogP contribution in [-0.4, -0.2) is 22.1 Å². The quantitative estimate of drug-likeness (QED) is 0.890. The zero-order valence-electron chi connectivity index (χ0n) is 11.2. The van der Waals surface area contributed by atoms with E-state index in [9.17, 15) is 9.18 Å². The van der Waals surface area contributed by atoms with Gasteiger partial charge in [0.1, 0.15) is 16.9 Å². The molecule has 0 unspecified atom stereocenters. The molecule has 7 heteroatoms. The molecule has 0 radical (unpaired) electrons. The molecule has 1 heterocycles. The van der Waals surface area contributed by atoms with Crippen LogP contribution in [0.25, 0.3) is 0 Å². The Bertz CT molecular complexity index is 602. The smallest absolute Gasteiger partial charge is 0.248 e. The highest BCUT2D eigenvalue weighted by Crippen LogP contribution is 2.17. The van der Waals surface area contributed by atoms with Crippen LogP contribution in [0.4, 0.5) is 15.2 Å². The van der Waals surface area contributed by atoms with Crippen LogP contribution in [-0.2, 0) is 4.79 Å². The van der Waals surface area contributed by atoms with Crippen molar-refractivity contribution in [2.75, 3.05) is 10.6 Å². The van der Waals surface area contributed by atoms with Gasteiger partial charge in [-0.15, -0.1) is 10.2 Å². The second-order valence-electron chi connectivity index (χ2n) is 4.20. The summed E-state index contributed by atoms with van der Waals surface area (Å²) >= 11 is 1.30. The molecule has 2 aromatic rings. The number of aromatic nitrogens is 2. The minimum atomic E-state index is -0.531. The summed E-state index contributed by atoms with van der Waals surface area (Å²) in [6, 6.07) is 5.73. The number of rotatable bonds is 5. The van der Waals surface area contributed by atoms with Gasteiger partial charge in [0, 0.05) is 0 Å². The predicted octanol–water partition coefficient (Wildman–Crippen LogP) is 2.81. The summed E-state index contributed by atoms with van der Waals surface area (Å²) in [6.45, 7) is 3.66. The molecule has 1 atom stereocenters. The van der Waals surface area contributed by atoms with Crippen molar-refractivity contribution in [1.82, 2.24) is 10.2 Å². The van der Waals surface area contributed by atoms with Crippen LogP contribution in [0.1, 0.15) is 18.4 Å². The van der Waals surface area contributed by atoms with Gasteiger partial charge in [0.15, 0.2) is 0 Å². The van der Waals surface area contributed by atoms with Crippen molar-refractivity contribution in [2.24, 2.45) is 0 Å². The third-order valence-electron chi connectivity index (χ3n) is 2.68. The Morgan fingerprint density at radius 3 is 2.75 bits per heavy atom. The van der Waals surface area contributed by atoms with E-state index < -0.39 is 6.04 Å². The molecule has 0 saturated heterocycles. The van der Waals surface area contributed by atoms with E-state index in [2.05, 4.69) is 20.8 Å². The molecular formula is C13H15FN4OS. The summed E-state index contributed by atoms with van der Waals surface area (Å²) in [4.78, 5) is 12.1. The minimum Gasteiger partial charge on any atom is -0.371 e. The molecule has 1 aromatic heterocycles. The van der Waals surface area contributed by atoms with Crippen LogP contribution in [0, 0.1) is 12.7 Å². The fourth-order valence-corrected chi connectivity index (χ4v) is 2.25. The van der Waals surface area contributed by atoms with Crippen LogP contribution >= 0.6 is 11.3 Å². The molecule has 2 N–H and O–H groups in total. The standard InChI is InChI=1S/C13H15FN4OS/c1-3-10(15-11-7-5-4-6-9(11)14)12(19)16-13-18-17-8(2)20-13/h4-7,10,15H,3H2,1-2H3,(H,16,18,19)/t10-/m1/s1. The number of halogens is 1. The van der Waals surface area contributed by atoms with Gasteiger partial charge in [-0.05, 0) is 25.5 Å². The molecule has 0 aliphatic carbocycles. The van der Waals surface area contributed by atoms with Crippen molar-refractivity contribution < 1.29 is 9.18 Å². The summed E-state index contributed by atoms with van der Waals surface area (Å²) in [5.41, 5.74) is 0.308. The summed E-state index contributed by atoms with van der Waals surface area (Å²) < 4.78 is 13.6. The van der Waals surface area contributed by atoms with Crippen LogP contribution in [0.3, 0.4) is 0 Å². The van der Waals surface area contributed by atoms with Gasteiger partial charge >= 0.3 is 0 Å². The molecule has 0 bridgehead atoms. The predicted molar refractivity (Wildman–Crippen MR) is 77.4 cm³/mol. The van der Waals surface area contributed by atoms with Crippen molar-refractivity contribution in [2.45, 2.75) is 26.3 Å². The lowest BCUT2D eigenvalue weighted by molar-refractivity contribution is -0.117. The summed E-state index contributed by atoms with van der Waals surface area (Å²) in [5, 5.41) is 14.4. The Hall–Kier alpha value is -2.02. The van der Waals surface area contributed by atoms with E-state index in [-0.39, 0.29) is 11.7 Å². The Balaban J connectivity index is 2.04. The summed E-state index contributed by atoms with van der Waals surface area (Å²) in [6.07, 6.45) is 0.526. The number of carbonyl (C=O) groups is 1. The normalized spacial score (nSPS) is 11.9. The van der Waals surface area contributed by atoms with E-state index in [1.54, 1.807) is 18.2 Å². The molecule has 1 aromatic carbocycles. The molecule has 2 rings (SSSR count). The number of para-hydroxylation sites is 1. The first-order valence-electron chi connectivity index (χ1n) is 6.22. The van der Waals surface area contributed by atoms with Crippen LogP contribution in [0.5, 0.6) is 0 Å². The maximum absolute atomic E-state index is 13.6. The first-order valence-corrected chi connectivity index (χ1v) is 7.04. The first kappa shape index (κ1) is 14.4. The monoisotopic (exact) mass is 294 g/mol. The number of hydrogen-bond acceptors (Lipinski definition) is 5. The molecule has 0 aliphatic rings. The molecular weight excluding hydrogens is 279 g/mol. The number of amides is 1. The highest BCUT2D eigenvalue weighted by Gasteiger charge is 2.18. The third kappa shape index (κ3) is 3.51. The van der Waals surface area contributed by atoms with Crippen molar-refractivity contribution in [3.63, 3.8) is 0 Å². The van der Waals surface area contributed by atoms with E-state index in [0.717, 1.165) is 5.01 Å². The zero-order chi connectivity index (χ0) is 14.5. The third-order valence-corrected chi connectivity index (χ3v) is 3.44. The zero-order valence-corrected chi connectivity index (χ0v) is 12.0. The number of carbonyl (C=O) groups excluding carboxylic acids is 1. The van der Waals surface area contributed by atoms with Crippen LogP contribution < -0.4 is 10.6 Å². The van der Waals surface area contributed by atoms with Crippen molar-refractivity contribution in [1.29, 1.82) is 0 Å². The molecule has 0 fully saturated rings. The average molecular weight is 294 g/mol. The number of aryl methyl sites for hydroxylation is 1. The second-order valence-corrected chi connectivity index (χ2v) is 5.38. The maximum atomic E-state index is 13.6. The number of anilines is 2. The highest BCUT2D eigenvalue weighted by atomic mass is 32.1. The van der Waals surface area contributed by atoms with E-state index in [1.165, 1.54) is 17.4 Å². The van der Waals surface area contributed by atoms with Gasteiger partial charge in [-0.1, -0.05) is 30.4 Å². The lowest BCUT2D eigenvalue weighted by atomic mass is 10.2. The van der Waals surface area contributed by atoms with Gasteiger partial charge in [-0.25, -0.2) is 4.39 Å². The molecule has 106 valence electrons. The van der Waals surface area contributed by atoms with E-state index in [1.807, 2.05) is 13.8 Å². The number of benzene rings is 1. The molecule has 5 nitrogen and oxygen atoms in total. The highest BCUT2D eigenvalue weighted by molar-refractivity contribution is 7.15. The van der Waals surface area contributed by atoms with Crippen LogP contribution in [0.15, 0.2) is 24.3 Å². The molecule has 1 amide bonds. The molecule has 0 spiro atoms. The second kappa shape index (κ2) is 6.42. The van der Waals surface area contributed by atoms with Crippen molar-refractivity contribution in [3.8, 4) is 0 Å². The summed E-state index contributed by atoms with van der Waals surface area (Å²) in [5.74, 6) is -0.641. The molecule has 0 saturated carbocycles. The Morgan fingerprint density at radius 2 is 2.15 bits per heavy atom. The average Bonchev–Trinajstić information content (AvgIpc) is 2.83. The van der Waals surface area contributed by atoms with Crippen molar-refractivity contribution in [3.05, 3.63) is 35.1 Å². The Kier molecular flexibility index (Phi) is 4.62. The number of hydrogen-bond donors (Lipinski definition) is 2. The van der Waals surface area contributed by atoms with Crippen molar-refractivity contribution >= 4 is 28.1 Å². The lowest BCUT2D eigenvalue weighted by Gasteiger charge is -2.17. The molecule has 20 heavy (non-hydrogen) atoms. The van der Waals surface area contributed by atoms with Gasteiger partial charge in [0.2, 0.25) is 11.0 Å². The van der Waals surface area contributed by atoms with Gasteiger partial charge in [-0.2, -0.15) is 0 Å². The van der Waals surface area contributed by atoms with E-state index in [0.29, 0.717) is 17.2 Å². The van der Waals surface area contributed by atoms with E-state index in [4.69, 9.17) is 0 Å². The fraction of sp³-hybridized carbons (Fsp3) is 0.308. The first-order chi connectivity index (χ1) is 9.60. The topological polar surface area (TPSA) is 66.9 Å². The fourth-order valence-electron chi connectivity index (χ4n) is 1.66. The molecule has 0 aliphatic heterocycles. The minimum absolute atomic E-state index is 0.257. The van der Waals surface area contributed by atoms with E-state index >= 15 is 0 Å².